The fourth-order valence-corrected chi connectivity index (χ4v) is 5.62. The van der Waals surface area contributed by atoms with Crippen molar-refractivity contribution in [2.45, 2.75) is 58.3 Å². The monoisotopic (exact) mass is 279 g/mol. The van der Waals surface area contributed by atoms with Crippen LogP contribution in [-0.2, 0) is 9.59 Å². The van der Waals surface area contributed by atoms with Crippen molar-refractivity contribution < 1.29 is 14.7 Å². The number of rotatable bonds is 5. The highest BCUT2D eigenvalue weighted by Crippen LogP contribution is 2.65. The normalized spacial score (nSPS) is 41.6. The first-order chi connectivity index (χ1) is 9.41. The fraction of sp³-hybridized carbons (Fsp3) is 0.875. The number of aliphatic carboxylic acids is 1. The van der Waals surface area contributed by atoms with Gasteiger partial charge in [-0.05, 0) is 62.2 Å². The smallest absolute Gasteiger partial charge is 0.303 e. The Hall–Kier alpha value is -1.06. The van der Waals surface area contributed by atoms with Gasteiger partial charge in [0.1, 0.15) is 0 Å². The number of carbonyl (C=O) groups excluding carboxylic acids is 1. The van der Waals surface area contributed by atoms with E-state index < -0.39 is 5.97 Å². The van der Waals surface area contributed by atoms with Crippen LogP contribution >= 0.6 is 0 Å². The van der Waals surface area contributed by atoms with Crippen LogP contribution in [0.25, 0.3) is 0 Å². The van der Waals surface area contributed by atoms with Gasteiger partial charge in [0.2, 0.25) is 5.91 Å². The topological polar surface area (TPSA) is 66.4 Å². The third-order valence-electron chi connectivity index (χ3n) is 5.69. The van der Waals surface area contributed by atoms with Gasteiger partial charge in [-0.25, -0.2) is 0 Å². The predicted octanol–water partition coefficient (Wildman–Crippen LogP) is 2.57. The Morgan fingerprint density at radius 2 is 1.85 bits per heavy atom. The van der Waals surface area contributed by atoms with Gasteiger partial charge < -0.3 is 10.4 Å². The predicted molar refractivity (Wildman–Crippen MR) is 75.1 cm³/mol. The molecule has 4 saturated carbocycles. The molecule has 4 bridgehead atoms. The maximum Gasteiger partial charge on any atom is 0.303 e. The molecule has 4 aliphatic rings. The van der Waals surface area contributed by atoms with E-state index in [4.69, 9.17) is 5.11 Å². The number of hydrogen-bond donors (Lipinski definition) is 2. The van der Waals surface area contributed by atoms with Crippen molar-refractivity contribution in [2.24, 2.45) is 22.7 Å². The molecule has 4 rings (SSSR count). The lowest BCUT2D eigenvalue weighted by molar-refractivity contribution is -0.155. The van der Waals surface area contributed by atoms with Crippen LogP contribution in [-0.4, -0.2) is 23.5 Å². The molecular formula is C16H25NO3. The van der Waals surface area contributed by atoms with Crippen LogP contribution in [0.3, 0.4) is 0 Å². The summed E-state index contributed by atoms with van der Waals surface area (Å²) in [6.07, 6.45) is 7.75. The Bertz CT molecular complexity index is 417. The van der Waals surface area contributed by atoms with E-state index in [1.54, 1.807) is 0 Å². The maximum absolute atomic E-state index is 12.6. The molecule has 112 valence electrons. The van der Waals surface area contributed by atoms with Crippen LogP contribution in [0.4, 0.5) is 0 Å². The molecule has 2 unspecified atom stereocenters. The molecule has 4 nitrogen and oxygen atoms in total. The lowest BCUT2D eigenvalue weighted by Gasteiger charge is -2.60. The van der Waals surface area contributed by atoms with Crippen molar-refractivity contribution in [1.29, 1.82) is 0 Å². The van der Waals surface area contributed by atoms with E-state index in [0.717, 1.165) is 31.1 Å². The lowest BCUT2D eigenvalue weighted by Crippen LogP contribution is -2.56. The zero-order valence-electron chi connectivity index (χ0n) is 12.3. The average Bonchev–Trinajstić information content (AvgIpc) is 2.31. The summed E-state index contributed by atoms with van der Waals surface area (Å²) in [4.78, 5) is 23.1. The zero-order valence-corrected chi connectivity index (χ0v) is 12.3. The Morgan fingerprint density at radius 1 is 1.20 bits per heavy atom. The summed E-state index contributed by atoms with van der Waals surface area (Å²) < 4.78 is 0. The molecule has 1 amide bonds. The number of hydrogen-bond acceptors (Lipinski definition) is 2. The van der Waals surface area contributed by atoms with Crippen LogP contribution in [0.15, 0.2) is 0 Å². The van der Waals surface area contributed by atoms with Crippen LogP contribution in [0, 0.1) is 22.7 Å². The zero-order chi connectivity index (χ0) is 14.4. The third-order valence-corrected chi connectivity index (χ3v) is 5.69. The molecule has 4 fully saturated rings. The fourth-order valence-electron chi connectivity index (χ4n) is 5.62. The Balaban J connectivity index is 1.61. The molecule has 2 atom stereocenters. The minimum atomic E-state index is -0.790. The van der Waals surface area contributed by atoms with E-state index in [0.29, 0.717) is 18.4 Å². The summed E-state index contributed by atoms with van der Waals surface area (Å²) in [6, 6.07) is 0. The van der Waals surface area contributed by atoms with Crippen LogP contribution in [0.1, 0.15) is 58.3 Å². The van der Waals surface area contributed by atoms with Gasteiger partial charge >= 0.3 is 5.97 Å². The van der Waals surface area contributed by atoms with Gasteiger partial charge in [0.15, 0.2) is 0 Å². The highest BCUT2D eigenvalue weighted by Gasteiger charge is 2.58. The summed E-state index contributed by atoms with van der Waals surface area (Å²) >= 11 is 0. The standard InChI is InChI=1S/C16H25NO3/c1-15-6-11-5-12(7-15)9-16(8-11,10-15)14(20)17-4-2-3-13(18)19/h11-12H,2-10H2,1H3,(H,17,20)(H,18,19). The number of carboxylic acid groups (broad SMARTS) is 1. The van der Waals surface area contributed by atoms with E-state index in [9.17, 15) is 9.59 Å². The molecule has 0 aliphatic heterocycles. The van der Waals surface area contributed by atoms with Crippen LogP contribution < -0.4 is 5.32 Å². The lowest BCUT2D eigenvalue weighted by atomic mass is 9.44. The van der Waals surface area contributed by atoms with Crippen molar-refractivity contribution in [3.8, 4) is 0 Å². The summed E-state index contributed by atoms with van der Waals surface area (Å²) in [5.41, 5.74) is 0.241. The highest BCUT2D eigenvalue weighted by molar-refractivity contribution is 5.83. The van der Waals surface area contributed by atoms with Gasteiger partial charge in [-0.3, -0.25) is 9.59 Å². The van der Waals surface area contributed by atoms with Gasteiger partial charge in [0, 0.05) is 13.0 Å². The van der Waals surface area contributed by atoms with E-state index in [2.05, 4.69) is 12.2 Å². The highest BCUT2D eigenvalue weighted by atomic mass is 16.4. The van der Waals surface area contributed by atoms with E-state index in [1.807, 2.05) is 0 Å². The maximum atomic E-state index is 12.6. The molecule has 0 heterocycles. The second-order valence-corrected chi connectivity index (χ2v) is 7.81. The summed E-state index contributed by atoms with van der Waals surface area (Å²) in [5, 5.41) is 11.6. The average molecular weight is 279 g/mol. The molecule has 0 radical (unpaired) electrons. The molecule has 4 heteroatoms. The van der Waals surface area contributed by atoms with Gasteiger partial charge in [-0.2, -0.15) is 0 Å². The molecule has 0 aromatic carbocycles. The van der Waals surface area contributed by atoms with Crippen molar-refractivity contribution in [1.82, 2.24) is 5.32 Å². The molecule has 4 aliphatic carbocycles. The number of nitrogens with one attached hydrogen (secondary N) is 1. The van der Waals surface area contributed by atoms with E-state index >= 15 is 0 Å². The number of carbonyl (C=O) groups is 2. The first-order valence-electron chi connectivity index (χ1n) is 7.91. The van der Waals surface area contributed by atoms with Gasteiger partial charge in [-0.15, -0.1) is 0 Å². The van der Waals surface area contributed by atoms with Gasteiger partial charge in [0.05, 0.1) is 5.41 Å². The Morgan fingerprint density at radius 3 is 2.40 bits per heavy atom. The Labute approximate surface area is 120 Å². The summed E-state index contributed by atoms with van der Waals surface area (Å²) in [7, 11) is 0. The molecule has 0 saturated heterocycles. The molecule has 2 N–H and O–H groups in total. The summed E-state index contributed by atoms with van der Waals surface area (Å²) in [5.74, 6) is 0.891. The SMILES string of the molecule is CC12CC3CC(C1)CC(C(=O)NCCCC(=O)O)(C3)C2. The van der Waals surface area contributed by atoms with Crippen molar-refractivity contribution in [3.05, 3.63) is 0 Å². The van der Waals surface area contributed by atoms with Crippen molar-refractivity contribution in [2.75, 3.05) is 6.54 Å². The molecule has 0 aromatic heterocycles. The molecular weight excluding hydrogens is 254 g/mol. The van der Waals surface area contributed by atoms with Crippen molar-refractivity contribution in [3.63, 3.8) is 0 Å². The Kier molecular flexibility index (Phi) is 3.30. The molecule has 0 spiro atoms. The van der Waals surface area contributed by atoms with Crippen molar-refractivity contribution >= 4 is 11.9 Å². The van der Waals surface area contributed by atoms with Crippen LogP contribution in [0.2, 0.25) is 0 Å². The summed E-state index contributed by atoms with van der Waals surface area (Å²) in [6.45, 7) is 2.86. The van der Waals surface area contributed by atoms with Gasteiger partial charge in [0.25, 0.3) is 0 Å². The van der Waals surface area contributed by atoms with E-state index in [-0.39, 0.29) is 17.7 Å². The first kappa shape index (κ1) is 13.9. The number of amides is 1. The largest absolute Gasteiger partial charge is 0.481 e. The van der Waals surface area contributed by atoms with Crippen LogP contribution in [0.5, 0.6) is 0 Å². The second kappa shape index (κ2) is 4.74. The third kappa shape index (κ3) is 2.45. The first-order valence-corrected chi connectivity index (χ1v) is 7.91. The van der Waals surface area contributed by atoms with Gasteiger partial charge in [-0.1, -0.05) is 6.92 Å². The van der Waals surface area contributed by atoms with E-state index in [1.165, 1.54) is 19.3 Å². The molecule has 0 aromatic rings. The minimum Gasteiger partial charge on any atom is -0.481 e. The quantitative estimate of drug-likeness (QED) is 0.760. The second-order valence-electron chi connectivity index (χ2n) is 7.81. The molecule has 20 heavy (non-hydrogen) atoms. The number of carboxylic acids is 1. The minimum absolute atomic E-state index is 0.135.